The highest BCUT2D eigenvalue weighted by molar-refractivity contribution is 5.96. The van der Waals surface area contributed by atoms with Gasteiger partial charge in [0.05, 0.1) is 0 Å². The van der Waals surface area contributed by atoms with Crippen molar-refractivity contribution in [3.05, 3.63) is 29.8 Å². The minimum absolute atomic E-state index is 0.0111. The number of hydrogen-bond acceptors (Lipinski definition) is 2. The van der Waals surface area contributed by atoms with E-state index < -0.39 is 0 Å². The number of aryl methyl sites for hydroxylation is 1. The molecular formula is C11H14N2O. The lowest BCUT2D eigenvalue weighted by atomic mass is 10.2. The average Bonchev–Trinajstić information content (AvgIpc) is 2.45. The van der Waals surface area contributed by atoms with E-state index in [9.17, 15) is 4.79 Å². The molecule has 1 atom stereocenters. The van der Waals surface area contributed by atoms with Gasteiger partial charge >= 0.3 is 0 Å². The molecule has 0 bridgehead atoms. The molecule has 0 spiro atoms. The van der Waals surface area contributed by atoms with Crippen LogP contribution in [0.3, 0.4) is 0 Å². The first-order valence-corrected chi connectivity index (χ1v) is 4.79. The van der Waals surface area contributed by atoms with Gasteiger partial charge < -0.3 is 10.6 Å². The lowest BCUT2D eigenvalue weighted by molar-refractivity contribution is -0.117. The lowest BCUT2D eigenvalue weighted by Gasteiger charge is -2.16. The number of carbonyl (C=O) groups is 1. The van der Waals surface area contributed by atoms with Crippen molar-refractivity contribution in [3.8, 4) is 0 Å². The fraction of sp³-hybridized carbons (Fsp3) is 0.364. The first-order chi connectivity index (χ1) is 6.66. The van der Waals surface area contributed by atoms with Crippen LogP contribution in [-0.2, 0) is 4.79 Å². The zero-order chi connectivity index (χ0) is 10.1. The molecule has 1 aliphatic rings. The maximum absolute atomic E-state index is 11.5. The third kappa shape index (κ3) is 1.63. The van der Waals surface area contributed by atoms with E-state index >= 15 is 0 Å². The van der Waals surface area contributed by atoms with Crippen LogP contribution in [0.2, 0.25) is 0 Å². The average molecular weight is 190 g/mol. The third-order valence-corrected chi connectivity index (χ3v) is 2.47. The minimum Gasteiger partial charge on any atom is -0.326 e. The molecule has 0 radical (unpaired) electrons. The normalized spacial score (nSPS) is 21.7. The fourth-order valence-electron chi connectivity index (χ4n) is 1.78. The molecule has 1 fully saturated rings. The van der Waals surface area contributed by atoms with E-state index in [-0.39, 0.29) is 11.9 Å². The van der Waals surface area contributed by atoms with Crippen LogP contribution < -0.4 is 10.6 Å². The van der Waals surface area contributed by atoms with Crippen molar-refractivity contribution in [1.29, 1.82) is 0 Å². The Labute approximate surface area is 83.5 Å². The molecule has 74 valence electrons. The summed E-state index contributed by atoms with van der Waals surface area (Å²) in [7, 11) is 0. The smallest absolute Gasteiger partial charge is 0.228 e. The van der Waals surface area contributed by atoms with Crippen LogP contribution in [0.15, 0.2) is 24.3 Å². The molecule has 3 heteroatoms. The van der Waals surface area contributed by atoms with Gasteiger partial charge in [-0.15, -0.1) is 0 Å². The van der Waals surface area contributed by atoms with Crippen LogP contribution >= 0.6 is 0 Å². The Hall–Kier alpha value is -1.35. The van der Waals surface area contributed by atoms with Gasteiger partial charge in [-0.2, -0.15) is 0 Å². The van der Waals surface area contributed by atoms with Gasteiger partial charge in [0.25, 0.3) is 0 Å². The minimum atomic E-state index is -0.0111. The molecule has 1 saturated heterocycles. The number of hydrogen-bond donors (Lipinski definition) is 1. The van der Waals surface area contributed by atoms with Crippen LogP contribution in [0.4, 0.5) is 5.69 Å². The van der Waals surface area contributed by atoms with E-state index in [1.807, 2.05) is 31.2 Å². The second kappa shape index (κ2) is 3.42. The van der Waals surface area contributed by atoms with Gasteiger partial charge in [0.2, 0.25) is 5.91 Å². The van der Waals surface area contributed by atoms with Crippen LogP contribution in [0, 0.1) is 6.92 Å². The monoisotopic (exact) mass is 190 g/mol. The molecule has 0 aromatic heterocycles. The number of nitrogens with zero attached hydrogens (tertiary/aromatic N) is 1. The SMILES string of the molecule is Cc1cccc(N2CC(N)CC2=O)c1. The van der Waals surface area contributed by atoms with Crippen molar-refractivity contribution in [2.75, 3.05) is 11.4 Å². The Morgan fingerprint density at radius 3 is 2.86 bits per heavy atom. The number of anilines is 1. The molecule has 1 amide bonds. The van der Waals surface area contributed by atoms with Crippen LogP contribution in [-0.4, -0.2) is 18.5 Å². The van der Waals surface area contributed by atoms with Gasteiger partial charge in [-0.25, -0.2) is 0 Å². The number of carbonyl (C=O) groups excluding carboxylic acids is 1. The third-order valence-electron chi connectivity index (χ3n) is 2.47. The number of rotatable bonds is 1. The van der Waals surface area contributed by atoms with Crippen molar-refractivity contribution < 1.29 is 4.79 Å². The Morgan fingerprint density at radius 2 is 2.29 bits per heavy atom. The summed E-state index contributed by atoms with van der Waals surface area (Å²) in [4.78, 5) is 13.3. The molecule has 1 aromatic carbocycles. The Balaban J connectivity index is 2.27. The molecule has 14 heavy (non-hydrogen) atoms. The summed E-state index contributed by atoms with van der Waals surface area (Å²) in [6.45, 7) is 2.66. The molecular weight excluding hydrogens is 176 g/mol. The molecule has 3 nitrogen and oxygen atoms in total. The maximum atomic E-state index is 11.5. The lowest BCUT2D eigenvalue weighted by Crippen LogP contribution is -2.27. The quantitative estimate of drug-likeness (QED) is 0.719. The van der Waals surface area contributed by atoms with E-state index in [0.717, 1.165) is 11.3 Å². The highest BCUT2D eigenvalue weighted by atomic mass is 16.2. The van der Waals surface area contributed by atoms with Crippen LogP contribution in [0.5, 0.6) is 0 Å². The summed E-state index contributed by atoms with van der Waals surface area (Å²) >= 11 is 0. The van der Waals surface area contributed by atoms with Crippen LogP contribution in [0.1, 0.15) is 12.0 Å². The Kier molecular flexibility index (Phi) is 2.25. The van der Waals surface area contributed by atoms with Crippen molar-refractivity contribution in [3.63, 3.8) is 0 Å². The zero-order valence-electron chi connectivity index (χ0n) is 8.23. The summed E-state index contributed by atoms with van der Waals surface area (Å²) in [6, 6.07) is 7.92. The maximum Gasteiger partial charge on any atom is 0.228 e. The fourth-order valence-corrected chi connectivity index (χ4v) is 1.78. The van der Waals surface area contributed by atoms with Gasteiger partial charge in [0.15, 0.2) is 0 Å². The largest absolute Gasteiger partial charge is 0.326 e. The van der Waals surface area contributed by atoms with Gasteiger partial charge in [-0.1, -0.05) is 12.1 Å². The number of amides is 1. The first-order valence-electron chi connectivity index (χ1n) is 4.79. The second-order valence-corrected chi connectivity index (χ2v) is 3.81. The van der Waals surface area contributed by atoms with Crippen molar-refractivity contribution >= 4 is 11.6 Å². The Morgan fingerprint density at radius 1 is 1.50 bits per heavy atom. The predicted molar refractivity (Wildman–Crippen MR) is 56.1 cm³/mol. The van der Waals surface area contributed by atoms with E-state index in [2.05, 4.69) is 0 Å². The van der Waals surface area contributed by atoms with E-state index in [1.165, 1.54) is 0 Å². The molecule has 2 N–H and O–H groups in total. The molecule has 1 aliphatic heterocycles. The van der Waals surface area contributed by atoms with E-state index in [4.69, 9.17) is 5.73 Å². The van der Waals surface area contributed by atoms with Crippen molar-refractivity contribution in [1.82, 2.24) is 0 Å². The highest BCUT2D eigenvalue weighted by Crippen LogP contribution is 2.21. The Bertz CT molecular complexity index is 362. The molecule has 1 unspecified atom stereocenters. The van der Waals surface area contributed by atoms with Crippen molar-refractivity contribution in [2.45, 2.75) is 19.4 Å². The van der Waals surface area contributed by atoms with Gasteiger partial charge in [0, 0.05) is 24.7 Å². The van der Waals surface area contributed by atoms with Gasteiger partial charge in [-0.05, 0) is 24.6 Å². The second-order valence-electron chi connectivity index (χ2n) is 3.81. The first kappa shape index (κ1) is 9.21. The zero-order valence-corrected chi connectivity index (χ0v) is 8.23. The van der Waals surface area contributed by atoms with E-state index in [0.29, 0.717) is 13.0 Å². The summed E-state index contributed by atoms with van der Waals surface area (Å²) < 4.78 is 0. The van der Waals surface area contributed by atoms with Crippen molar-refractivity contribution in [2.24, 2.45) is 5.73 Å². The van der Waals surface area contributed by atoms with Crippen LogP contribution in [0.25, 0.3) is 0 Å². The summed E-state index contributed by atoms with van der Waals surface area (Å²) in [6.07, 6.45) is 0.466. The number of nitrogens with two attached hydrogens (primary N) is 1. The molecule has 1 heterocycles. The standard InChI is InChI=1S/C11H14N2O/c1-8-3-2-4-10(5-8)13-7-9(12)6-11(13)14/h2-5,9H,6-7,12H2,1H3. The molecule has 0 saturated carbocycles. The molecule has 1 aromatic rings. The molecule has 2 rings (SSSR count). The summed E-state index contributed by atoms with van der Waals surface area (Å²) in [5, 5.41) is 0. The number of benzene rings is 1. The molecule has 0 aliphatic carbocycles. The summed E-state index contributed by atoms with van der Waals surface area (Å²) in [5.41, 5.74) is 7.85. The van der Waals surface area contributed by atoms with Gasteiger partial charge in [-0.3, -0.25) is 4.79 Å². The van der Waals surface area contributed by atoms with Gasteiger partial charge in [0.1, 0.15) is 0 Å². The topological polar surface area (TPSA) is 46.3 Å². The summed E-state index contributed by atoms with van der Waals surface area (Å²) in [5.74, 6) is 0.128. The predicted octanol–water partition coefficient (Wildman–Crippen LogP) is 1.06. The highest BCUT2D eigenvalue weighted by Gasteiger charge is 2.27. The van der Waals surface area contributed by atoms with E-state index in [1.54, 1.807) is 4.90 Å².